The molecule has 0 saturated heterocycles. The molecule has 0 heterocycles. The van der Waals surface area contributed by atoms with E-state index in [0.29, 0.717) is 12.1 Å². The zero-order chi connectivity index (χ0) is 8.15. The molecule has 0 aliphatic heterocycles. The summed E-state index contributed by atoms with van der Waals surface area (Å²) in [6.07, 6.45) is 0. The molecule has 0 aromatic carbocycles. The third-order valence-electron chi connectivity index (χ3n) is 0.949. The largest absolute Gasteiger partial charge is 0.372 e. The molecule has 0 amide bonds. The van der Waals surface area contributed by atoms with Crippen molar-refractivity contribution in [2.24, 2.45) is 4.99 Å². The Labute approximate surface area is 84.7 Å². The fourth-order valence-corrected chi connectivity index (χ4v) is 0.842. The Bertz CT molecular complexity index is 119. The minimum atomic E-state index is 0. The average Bonchev–Trinajstić information content (AvgIpc) is 1.58. The standard InChI is InChI=1S/C8H18N2.Ti/c1-6(2)9-8(5)10-7(3)4;/h6-7H,1-5H3,(H,9,10);. The third-order valence-corrected chi connectivity index (χ3v) is 0.949. The molecule has 0 bridgehead atoms. The van der Waals surface area contributed by atoms with Gasteiger partial charge in [0.1, 0.15) is 0 Å². The summed E-state index contributed by atoms with van der Waals surface area (Å²) in [7, 11) is 0. The van der Waals surface area contributed by atoms with Crippen LogP contribution in [0.25, 0.3) is 0 Å². The van der Waals surface area contributed by atoms with E-state index in [1.807, 2.05) is 6.92 Å². The number of hydrogen-bond acceptors (Lipinski definition) is 1. The molecule has 0 aromatic rings. The number of nitrogens with zero attached hydrogens (tertiary/aromatic N) is 1. The summed E-state index contributed by atoms with van der Waals surface area (Å²) < 4.78 is 0. The van der Waals surface area contributed by atoms with Crippen LogP contribution in [0, 0.1) is 0 Å². The Balaban J connectivity index is 0. The summed E-state index contributed by atoms with van der Waals surface area (Å²) in [5.74, 6) is 1.03. The van der Waals surface area contributed by atoms with E-state index in [9.17, 15) is 0 Å². The Kier molecular flexibility index (Phi) is 8.59. The molecule has 0 aromatic heterocycles. The van der Waals surface area contributed by atoms with Gasteiger partial charge in [0, 0.05) is 33.8 Å². The van der Waals surface area contributed by atoms with Gasteiger partial charge in [-0.2, -0.15) is 0 Å². The molecular formula is C8H18N2Ti. The van der Waals surface area contributed by atoms with Crippen molar-refractivity contribution in [3.05, 3.63) is 0 Å². The number of nitrogens with one attached hydrogen (secondary N) is 1. The summed E-state index contributed by atoms with van der Waals surface area (Å²) in [6.45, 7) is 10.4. The first kappa shape index (κ1) is 13.8. The van der Waals surface area contributed by atoms with E-state index in [0.717, 1.165) is 5.84 Å². The van der Waals surface area contributed by atoms with Crippen molar-refractivity contribution in [2.45, 2.75) is 46.7 Å². The number of aliphatic imine (C=N–C) groups is 1. The quantitative estimate of drug-likeness (QED) is 0.401. The molecule has 0 aliphatic carbocycles. The predicted molar refractivity (Wildman–Crippen MR) is 46.5 cm³/mol. The SMILES string of the molecule is CC(=NC(C)C)NC(C)C.[Ti]. The van der Waals surface area contributed by atoms with E-state index in [-0.39, 0.29) is 21.7 Å². The Hall–Kier alpha value is 0.184. The second-order valence-corrected chi connectivity index (χ2v) is 3.11. The molecule has 0 rings (SSSR count). The van der Waals surface area contributed by atoms with Crippen molar-refractivity contribution in [2.75, 3.05) is 0 Å². The van der Waals surface area contributed by atoms with Gasteiger partial charge < -0.3 is 5.32 Å². The van der Waals surface area contributed by atoms with Crippen LogP contribution in [0.15, 0.2) is 4.99 Å². The summed E-state index contributed by atoms with van der Waals surface area (Å²) in [6, 6.07) is 0.883. The normalized spacial score (nSPS) is 11.7. The number of amidine groups is 1. The van der Waals surface area contributed by atoms with Crippen LogP contribution in [-0.4, -0.2) is 17.9 Å². The van der Waals surface area contributed by atoms with Crippen molar-refractivity contribution in [1.29, 1.82) is 0 Å². The summed E-state index contributed by atoms with van der Waals surface area (Å²) >= 11 is 0. The van der Waals surface area contributed by atoms with E-state index in [2.05, 4.69) is 38.0 Å². The molecule has 11 heavy (non-hydrogen) atoms. The van der Waals surface area contributed by atoms with Gasteiger partial charge in [-0.15, -0.1) is 0 Å². The van der Waals surface area contributed by atoms with Crippen LogP contribution in [0.5, 0.6) is 0 Å². The van der Waals surface area contributed by atoms with Crippen LogP contribution in [-0.2, 0) is 21.7 Å². The van der Waals surface area contributed by atoms with E-state index in [4.69, 9.17) is 0 Å². The molecule has 1 N–H and O–H groups in total. The molecule has 0 fully saturated rings. The van der Waals surface area contributed by atoms with Gasteiger partial charge in [0.05, 0.1) is 5.84 Å². The summed E-state index contributed by atoms with van der Waals surface area (Å²) in [4.78, 5) is 4.32. The maximum Gasteiger partial charge on any atom is 0.0936 e. The van der Waals surface area contributed by atoms with Gasteiger partial charge in [-0.25, -0.2) is 0 Å². The first-order valence-electron chi connectivity index (χ1n) is 3.83. The molecule has 0 unspecified atom stereocenters. The van der Waals surface area contributed by atoms with Crippen LogP contribution in [0.4, 0.5) is 0 Å². The van der Waals surface area contributed by atoms with Gasteiger partial charge in [0.2, 0.25) is 0 Å². The van der Waals surface area contributed by atoms with Crippen LogP contribution in [0.3, 0.4) is 0 Å². The topological polar surface area (TPSA) is 24.4 Å². The van der Waals surface area contributed by atoms with Gasteiger partial charge >= 0.3 is 0 Å². The zero-order valence-corrected chi connectivity index (χ0v) is 9.66. The fraction of sp³-hybridized carbons (Fsp3) is 0.875. The molecule has 0 atom stereocenters. The van der Waals surface area contributed by atoms with E-state index in [1.165, 1.54) is 0 Å². The van der Waals surface area contributed by atoms with Crippen molar-refractivity contribution in [1.82, 2.24) is 5.32 Å². The first-order valence-corrected chi connectivity index (χ1v) is 3.83. The smallest absolute Gasteiger partial charge is 0.0936 e. The first-order chi connectivity index (χ1) is 4.52. The van der Waals surface area contributed by atoms with Crippen LogP contribution in [0.2, 0.25) is 0 Å². The van der Waals surface area contributed by atoms with Crippen LogP contribution < -0.4 is 5.32 Å². The summed E-state index contributed by atoms with van der Waals surface area (Å²) in [5.41, 5.74) is 0. The molecular weight excluding hydrogens is 172 g/mol. The fourth-order valence-electron chi connectivity index (χ4n) is 0.842. The van der Waals surface area contributed by atoms with E-state index < -0.39 is 0 Å². The van der Waals surface area contributed by atoms with Crippen LogP contribution >= 0.6 is 0 Å². The van der Waals surface area contributed by atoms with Crippen LogP contribution in [0.1, 0.15) is 34.6 Å². The van der Waals surface area contributed by atoms with Gasteiger partial charge in [-0.05, 0) is 34.6 Å². The van der Waals surface area contributed by atoms with Gasteiger partial charge in [-0.3, -0.25) is 4.99 Å². The van der Waals surface area contributed by atoms with Crippen molar-refractivity contribution in [3.8, 4) is 0 Å². The summed E-state index contributed by atoms with van der Waals surface area (Å²) in [5, 5.41) is 3.22. The van der Waals surface area contributed by atoms with Crippen molar-refractivity contribution in [3.63, 3.8) is 0 Å². The molecule has 64 valence electrons. The minimum Gasteiger partial charge on any atom is -0.372 e. The zero-order valence-electron chi connectivity index (χ0n) is 8.10. The van der Waals surface area contributed by atoms with Gasteiger partial charge in [0.25, 0.3) is 0 Å². The maximum atomic E-state index is 4.32. The Morgan fingerprint density at radius 1 is 1.18 bits per heavy atom. The Morgan fingerprint density at radius 2 is 1.64 bits per heavy atom. The minimum absolute atomic E-state index is 0. The second kappa shape index (κ2) is 6.87. The monoisotopic (exact) mass is 190 g/mol. The van der Waals surface area contributed by atoms with E-state index >= 15 is 0 Å². The third kappa shape index (κ3) is 10.2. The number of hydrogen-bond donors (Lipinski definition) is 1. The van der Waals surface area contributed by atoms with E-state index in [1.54, 1.807) is 0 Å². The van der Waals surface area contributed by atoms with Gasteiger partial charge in [0.15, 0.2) is 0 Å². The number of rotatable bonds is 2. The molecule has 2 nitrogen and oxygen atoms in total. The molecule has 0 radical (unpaired) electrons. The van der Waals surface area contributed by atoms with Crippen molar-refractivity contribution < 1.29 is 21.7 Å². The molecule has 0 spiro atoms. The average molecular weight is 190 g/mol. The Morgan fingerprint density at radius 3 is 1.91 bits per heavy atom. The predicted octanol–water partition coefficient (Wildman–Crippen LogP) is 1.81. The molecule has 0 saturated carbocycles. The molecule has 3 heteroatoms. The van der Waals surface area contributed by atoms with Gasteiger partial charge in [-0.1, -0.05) is 0 Å². The second-order valence-electron chi connectivity index (χ2n) is 3.11. The van der Waals surface area contributed by atoms with Crippen molar-refractivity contribution >= 4 is 5.84 Å². The maximum absolute atomic E-state index is 4.32. The molecule has 0 aliphatic rings.